The zero-order chi connectivity index (χ0) is 19.1. The average Bonchev–Trinajstić information content (AvgIpc) is 3.19. The topological polar surface area (TPSA) is 98.8 Å². The van der Waals surface area contributed by atoms with E-state index in [4.69, 9.17) is 8.92 Å². The summed E-state index contributed by atoms with van der Waals surface area (Å²) >= 11 is 1.23. The van der Waals surface area contributed by atoms with Crippen LogP contribution >= 0.6 is 11.8 Å². The van der Waals surface area contributed by atoms with E-state index in [9.17, 15) is 18.0 Å². The number of carbonyl (C=O) groups excluding carboxylic acids is 2. The highest BCUT2D eigenvalue weighted by Crippen LogP contribution is 2.55. The molecule has 0 aromatic heterocycles. The number of nitrogens with one attached hydrogen (secondary N) is 1. The van der Waals surface area contributed by atoms with Crippen molar-refractivity contribution in [3.8, 4) is 0 Å². The van der Waals surface area contributed by atoms with Gasteiger partial charge in [-0.1, -0.05) is 32.5 Å². The van der Waals surface area contributed by atoms with Crippen LogP contribution in [0.1, 0.15) is 40.0 Å². The lowest BCUT2D eigenvalue weighted by molar-refractivity contribution is -0.131. The normalized spacial score (nSPS) is 34.2. The van der Waals surface area contributed by atoms with Gasteiger partial charge in [0.15, 0.2) is 5.12 Å². The van der Waals surface area contributed by atoms with Crippen LogP contribution in [0.3, 0.4) is 0 Å². The van der Waals surface area contributed by atoms with E-state index in [0.29, 0.717) is 18.7 Å². The minimum absolute atomic E-state index is 0.0161. The van der Waals surface area contributed by atoms with Crippen molar-refractivity contribution in [1.82, 2.24) is 5.32 Å². The third kappa shape index (κ3) is 3.81. The van der Waals surface area contributed by atoms with Gasteiger partial charge in [-0.25, -0.2) is 0 Å². The second kappa shape index (κ2) is 7.41. The van der Waals surface area contributed by atoms with E-state index < -0.39 is 16.2 Å². The molecule has 3 rings (SSSR count). The highest BCUT2D eigenvalue weighted by atomic mass is 32.2. The molecule has 7 nitrogen and oxygen atoms in total. The number of thioether (sulfide) groups is 1. The maximum atomic E-state index is 12.0. The summed E-state index contributed by atoms with van der Waals surface area (Å²) in [6.45, 7) is 6.09. The van der Waals surface area contributed by atoms with E-state index in [0.717, 1.165) is 12.8 Å². The molecular weight excluding hydrogens is 378 g/mol. The third-order valence-electron chi connectivity index (χ3n) is 5.91. The van der Waals surface area contributed by atoms with E-state index in [-0.39, 0.29) is 46.2 Å². The molecule has 0 aromatic rings. The predicted octanol–water partition coefficient (Wildman–Crippen LogP) is 1.32. The predicted molar refractivity (Wildman–Crippen MR) is 98.1 cm³/mol. The molecule has 0 aromatic carbocycles. The van der Waals surface area contributed by atoms with Gasteiger partial charge in [-0.05, 0) is 25.2 Å². The van der Waals surface area contributed by atoms with Gasteiger partial charge in [0.1, 0.15) is 12.7 Å². The van der Waals surface area contributed by atoms with Crippen molar-refractivity contribution in [2.75, 3.05) is 18.9 Å². The van der Waals surface area contributed by atoms with E-state index in [1.165, 1.54) is 11.8 Å². The molecule has 26 heavy (non-hydrogen) atoms. The molecule has 0 radical (unpaired) electrons. The molecule has 5 unspecified atom stereocenters. The minimum atomic E-state index is -3.46. The summed E-state index contributed by atoms with van der Waals surface area (Å²) in [5.41, 5.74) is -0.348. The van der Waals surface area contributed by atoms with Gasteiger partial charge in [0.2, 0.25) is 5.91 Å². The Morgan fingerprint density at radius 2 is 2.04 bits per heavy atom. The highest BCUT2D eigenvalue weighted by Gasteiger charge is 2.64. The van der Waals surface area contributed by atoms with Gasteiger partial charge in [-0.3, -0.25) is 13.8 Å². The second-order valence-corrected chi connectivity index (χ2v) is 10.8. The number of rotatable bonds is 8. The number of carbonyl (C=O) groups is 2. The first-order valence-electron chi connectivity index (χ1n) is 9.13. The van der Waals surface area contributed by atoms with Crippen LogP contribution in [0.25, 0.3) is 0 Å². The SMILES string of the molecule is CCC(C)(C)C(=O)SCCNC(=O)COC1C2CC3C1OS(=O)(=O)C3C2. The molecule has 2 aliphatic carbocycles. The van der Waals surface area contributed by atoms with Crippen molar-refractivity contribution in [2.45, 2.75) is 57.5 Å². The van der Waals surface area contributed by atoms with Crippen LogP contribution in [0.2, 0.25) is 0 Å². The Balaban J connectivity index is 1.36. The minimum Gasteiger partial charge on any atom is -0.365 e. The van der Waals surface area contributed by atoms with Crippen LogP contribution in [-0.4, -0.2) is 55.8 Å². The standard InChI is InChI=1S/C17H27NO6S2/c1-4-17(2,3)16(20)25-6-5-18-13(19)9-23-14-10-7-11-12(8-10)26(21,22)24-15(11)14/h10-12,14-15H,4-9H2,1-3H3,(H,18,19). The Morgan fingerprint density at radius 1 is 1.31 bits per heavy atom. The summed E-state index contributed by atoms with van der Waals surface area (Å²) < 4.78 is 34.7. The molecule has 148 valence electrons. The number of hydrogen-bond acceptors (Lipinski definition) is 7. The molecule has 1 heterocycles. The van der Waals surface area contributed by atoms with Crippen LogP contribution in [0, 0.1) is 17.3 Å². The van der Waals surface area contributed by atoms with E-state index in [1.54, 1.807) is 0 Å². The molecule has 1 aliphatic heterocycles. The molecule has 2 saturated carbocycles. The maximum absolute atomic E-state index is 12.0. The molecule has 3 fully saturated rings. The highest BCUT2D eigenvalue weighted by molar-refractivity contribution is 8.13. The number of fused-ring (bicyclic) bond motifs is 1. The van der Waals surface area contributed by atoms with Gasteiger partial charge >= 0.3 is 0 Å². The fraction of sp³-hybridized carbons (Fsp3) is 0.882. The Hall–Kier alpha value is -0.640. The molecule has 3 aliphatic rings. The fourth-order valence-corrected chi connectivity index (χ4v) is 6.81. The monoisotopic (exact) mass is 405 g/mol. The largest absolute Gasteiger partial charge is 0.365 e. The quantitative estimate of drug-likeness (QED) is 0.480. The summed E-state index contributed by atoms with van der Waals surface area (Å²) in [5.74, 6) is 0.438. The van der Waals surface area contributed by atoms with Crippen molar-refractivity contribution in [1.29, 1.82) is 0 Å². The molecule has 5 atom stereocenters. The Kier molecular flexibility index (Phi) is 5.73. The van der Waals surface area contributed by atoms with Gasteiger partial charge in [-0.2, -0.15) is 8.42 Å². The van der Waals surface area contributed by atoms with Crippen molar-refractivity contribution in [3.63, 3.8) is 0 Å². The van der Waals surface area contributed by atoms with E-state index in [2.05, 4.69) is 5.32 Å². The summed E-state index contributed by atoms with van der Waals surface area (Å²) in [7, 11) is -3.46. The first-order chi connectivity index (χ1) is 12.2. The van der Waals surface area contributed by atoms with Gasteiger partial charge < -0.3 is 10.1 Å². The lowest BCUT2D eigenvalue weighted by Crippen LogP contribution is -2.39. The summed E-state index contributed by atoms with van der Waals surface area (Å²) in [5, 5.41) is 2.48. The van der Waals surface area contributed by atoms with E-state index >= 15 is 0 Å². The lowest BCUT2D eigenvalue weighted by atomic mass is 9.92. The van der Waals surface area contributed by atoms with Crippen molar-refractivity contribution in [3.05, 3.63) is 0 Å². The van der Waals surface area contributed by atoms with Crippen LogP contribution in [0.4, 0.5) is 0 Å². The summed E-state index contributed by atoms with van der Waals surface area (Å²) in [6, 6.07) is 0. The average molecular weight is 406 g/mol. The zero-order valence-electron chi connectivity index (χ0n) is 15.4. The molecule has 2 bridgehead atoms. The smallest absolute Gasteiger partial charge is 0.270 e. The van der Waals surface area contributed by atoms with E-state index in [1.807, 2.05) is 20.8 Å². The molecule has 1 saturated heterocycles. The van der Waals surface area contributed by atoms with Crippen LogP contribution in [0.15, 0.2) is 0 Å². The van der Waals surface area contributed by atoms with Crippen molar-refractivity contribution >= 4 is 32.9 Å². The maximum Gasteiger partial charge on any atom is 0.270 e. The fourth-order valence-electron chi connectivity index (χ4n) is 4.01. The number of hydrogen-bond donors (Lipinski definition) is 1. The van der Waals surface area contributed by atoms with Gasteiger partial charge in [0, 0.05) is 23.6 Å². The molecule has 0 spiro atoms. The van der Waals surface area contributed by atoms with Crippen LogP contribution < -0.4 is 5.32 Å². The van der Waals surface area contributed by atoms with Crippen molar-refractivity contribution in [2.24, 2.45) is 17.3 Å². The van der Waals surface area contributed by atoms with Gasteiger partial charge in [0.05, 0.1) is 11.4 Å². The Morgan fingerprint density at radius 3 is 2.73 bits per heavy atom. The molecular formula is C17H27NO6S2. The first-order valence-corrected chi connectivity index (χ1v) is 11.6. The van der Waals surface area contributed by atoms with Gasteiger partial charge in [0.25, 0.3) is 10.1 Å². The van der Waals surface area contributed by atoms with Crippen LogP contribution in [-0.2, 0) is 28.6 Å². The molecule has 1 amide bonds. The van der Waals surface area contributed by atoms with Crippen LogP contribution in [0.5, 0.6) is 0 Å². The summed E-state index contributed by atoms with van der Waals surface area (Å²) in [6.07, 6.45) is 1.40. The molecule has 1 N–H and O–H groups in total. The van der Waals surface area contributed by atoms with Crippen molar-refractivity contribution < 1.29 is 26.9 Å². The first kappa shape index (κ1) is 20.1. The third-order valence-corrected chi connectivity index (χ3v) is 8.91. The lowest BCUT2D eigenvalue weighted by Gasteiger charge is -2.24. The summed E-state index contributed by atoms with van der Waals surface area (Å²) in [4.78, 5) is 23.9. The zero-order valence-corrected chi connectivity index (χ0v) is 17.0. The molecule has 9 heteroatoms. The second-order valence-electron chi connectivity index (χ2n) is 7.99. The van der Waals surface area contributed by atoms with Gasteiger partial charge in [-0.15, -0.1) is 0 Å². The Bertz CT molecular complexity index is 677. The number of amides is 1. The Labute approximate surface area is 159 Å². The number of ether oxygens (including phenoxy) is 1.